The highest BCUT2D eigenvalue weighted by Crippen LogP contribution is 2.45. The van der Waals surface area contributed by atoms with E-state index in [-0.39, 0.29) is 11.6 Å². The van der Waals surface area contributed by atoms with Gasteiger partial charge in [0.05, 0.1) is 22.4 Å². The molecule has 2 N–H and O–H groups in total. The predicted octanol–water partition coefficient (Wildman–Crippen LogP) is 3.24. The number of rotatable bonds is 0. The van der Waals surface area contributed by atoms with E-state index in [9.17, 15) is 18.0 Å². The molecule has 0 unspecified atom stereocenters. The second-order valence-corrected chi connectivity index (χ2v) is 5.20. The first kappa shape index (κ1) is 12.3. The van der Waals surface area contributed by atoms with Crippen LogP contribution in [-0.4, -0.2) is 12.5 Å². The standard InChI is InChI=1S/C13H13F3N2O/c14-13(15,16)8-2-3-9-10(6-8)18-11(19)12(7-17-9)4-1-5-12/h2-3,6,17H,1,4-5,7H2,(H,18,19). The molecule has 3 nitrogen and oxygen atoms in total. The molecule has 0 aromatic heterocycles. The van der Waals surface area contributed by atoms with Gasteiger partial charge in [0.2, 0.25) is 5.91 Å². The summed E-state index contributed by atoms with van der Waals surface area (Å²) in [6.07, 6.45) is -1.85. The summed E-state index contributed by atoms with van der Waals surface area (Å²) in [7, 11) is 0. The molecule has 0 saturated heterocycles. The minimum Gasteiger partial charge on any atom is -0.382 e. The number of nitrogens with one attached hydrogen (secondary N) is 2. The van der Waals surface area contributed by atoms with E-state index in [0.717, 1.165) is 31.4 Å². The second-order valence-electron chi connectivity index (χ2n) is 5.20. The van der Waals surface area contributed by atoms with Crippen LogP contribution in [0.3, 0.4) is 0 Å². The number of carbonyl (C=O) groups excluding carboxylic acids is 1. The topological polar surface area (TPSA) is 41.1 Å². The molecule has 0 bridgehead atoms. The normalized spacial score (nSPS) is 20.9. The maximum atomic E-state index is 12.7. The Hall–Kier alpha value is -1.72. The van der Waals surface area contributed by atoms with Gasteiger partial charge in [-0.15, -0.1) is 0 Å². The molecule has 1 spiro atoms. The molecule has 6 heteroatoms. The average molecular weight is 270 g/mol. The van der Waals surface area contributed by atoms with Crippen molar-refractivity contribution in [2.75, 3.05) is 17.2 Å². The van der Waals surface area contributed by atoms with Crippen molar-refractivity contribution in [1.82, 2.24) is 0 Å². The zero-order valence-corrected chi connectivity index (χ0v) is 10.1. The number of alkyl halides is 3. The van der Waals surface area contributed by atoms with Crippen LogP contribution in [0.15, 0.2) is 18.2 Å². The Morgan fingerprint density at radius 3 is 2.47 bits per heavy atom. The van der Waals surface area contributed by atoms with Crippen molar-refractivity contribution in [3.8, 4) is 0 Å². The Kier molecular flexibility index (Phi) is 2.52. The van der Waals surface area contributed by atoms with E-state index in [4.69, 9.17) is 0 Å². The summed E-state index contributed by atoms with van der Waals surface area (Å²) in [6.45, 7) is 0.483. The molecule has 1 aliphatic carbocycles. The van der Waals surface area contributed by atoms with Gasteiger partial charge < -0.3 is 10.6 Å². The van der Waals surface area contributed by atoms with Gasteiger partial charge in [0.15, 0.2) is 0 Å². The maximum absolute atomic E-state index is 12.7. The number of amides is 1. The molecule has 1 aromatic carbocycles. The molecule has 1 amide bonds. The van der Waals surface area contributed by atoms with Gasteiger partial charge in [-0.2, -0.15) is 13.2 Å². The van der Waals surface area contributed by atoms with Gasteiger partial charge in [-0.1, -0.05) is 6.42 Å². The van der Waals surface area contributed by atoms with Crippen LogP contribution in [-0.2, 0) is 11.0 Å². The number of benzene rings is 1. The van der Waals surface area contributed by atoms with Crippen LogP contribution < -0.4 is 10.6 Å². The highest BCUT2D eigenvalue weighted by Gasteiger charge is 2.45. The van der Waals surface area contributed by atoms with E-state index in [1.54, 1.807) is 0 Å². The first-order chi connectivity index (χ1) is 8.91. The van der Waals surface area contributed by atoms with Crippen LogP contribution >= 0.6 is 0 Å². The molecule has 19 heavy (non-hydrogen) atoms. The van der Waals surface area contributed by atoms with Crippen LogP contribution in [0.25, 0.3) is 0 Å². The van der Waals surface area contributed by atoms with E-state index >= 15 is 0 Å². The lowest BCUT2D eigenvalue weighted by Crippen LogP contribution is -2.45. The SMILES string of the molecule is O=C1Nc2cc(C(F)(F)F)ccc2NCC12CCC2. The first-order valence-corrected chi connectivity index (χ1v) is 6.17. The first-order valence-electron chi connectivity index (χ1n) is 6.17. The lowest BCUT2D eigenvalue weighted by Gasteiger charge is -2.38. The Bertz CT molecular complexity index is 535. The van der Waals surface area contributed by atoms with E-state index in [0.29, 0.717) is 12.2 Å². The summed E-state index contributed by atoms with van der Waals surface area (Å²) in [5.41, 5.74) is -0.441. The third-order valence-corrected chi connectivity index (χ3v) is 4.00. The lowest BCUT2D eigenvalue weighted by molar-refractivity contribution is -0.137. The van der Waals surface area contributed by atoms with Crippen molar-refractivity contribution >= 4 is 17.3 Å². The molecule has 2 aliphatic rings. The van der Waals surface area contributed by atoms with Gasteiger partial charge in [-0.05, 0) is 31.0 Å². The zero-order valence-electron chi connectivity index (χ0n) is 10.1. The van der Waals surface area contributed by atoms with Crippen LogP contribution in [0.1, 0.15) is 24.8 Å². The lowest BCUT2D eigenvalue weighted by atomic mass is 9.68. The van der Waals surface area contributed by atoms with Crippen LogP contribution in [0.2, 0.25) is 0 Å². The van der Waals surface area contributed by atoms with Crippen LogP contribution in [0, 0.1) is 5.41 Å². The third kappa shape index (κ3) is 1.95. The van der Waals surface area contributed by atoms with E-state index < -0.39 is 17.2 Å². The minimum atomic E-state index is -4.40. The number of hydrogen-bond acceptors (Lipinski definition) is 2. The van der Waals surface area contributed by atoms with Crippen molar-refractivity contribution in [3.05, 3.63) is 23.8 Å². The molecule has 1 heterocycles. The Morgan fingerprint density at radius 2 is 1.89 bits per heavy atom. The summed E-state index contributed by atoms with van der Waals surface area (Å²) >= 11 is 0. The molecule has 0 radical (unpaired) electrons. The summed E-state index contributed by atoms with van der Waals surface area (Å²) in [4.78, 5) is 12.1. The number of fused-ring (bicyclic) bond motifs is 1. The molecular weight excluding hydrogens is 257 g/mol. The Morgan fingerprint density at radius 1 is 1.16 bits per heavy atom. The molecule has 0 atom stereocenters. The fraction of sp³-hybridized carbons (Fsp3) is 0.462. The van der Waals surface area contributed by atoms with Crippen LogP contribution in [0.5, 0.6) is 0 Å². The number of halogens is 3. The summed E-state index contributed by atoms with van der Waals surface area (Å²) in [6, 6.07) is 3.38. The number of anilines is 2. The largest absolute Gasteiger partial charge is 0.416 e. The Labute approximate surface area is 108 Å². The fourth-order valence-electron chi connectivity index (χ4n) is 2.59. The van der Waals surface area contributed by atoms with E-state index in [2.05, 4.69) is 10.6 Å². The van der Waals surface area contributed by atoms with E-state index in [1.807, 2.05) is 0 Å². The second kappa shape index (κ2) is 3.88. The highest BCUT2D eigenvalue weighted by atomic mass is 19.4. The summed E-state index contributed by atoms with van der Waals surface area (Å²) in [5, 5.41) is 5.70. The van der Waals surface area contributed by atoms with Gasteiger partial charge >= 0.3 is 6.18 Å². The van der Waals surface area contributed by atoms with Gasteiger partial charge in [0.25, 0.3) is 0 Å². The van der Waals surface area contributed by atoms with Crippen molar-refractivity contribution < 1.29 is 18.0 Å². The van der Waals surface area contributed by atoms with E-state index in [1.165, 1.54) is 6.07 Å². The van der Waals surface area contributed by atoms with Crippen molar-refractivity contribution in [2.24, 2.45) is 5.41 Å². The highest BCUT2D eigenvalue weighted by molar-refractivity contribution is 6.00. The summed E-state index contributed by atoms with van der Waals surface area (Å²) in [5.74, 6) is -0.177. The van der Waals surface area contributed by atoms with Crippen LogP contribution in [0.4, 0.5) is 24.5 Å². The van der Waals surface area contributed by atoms with Crippen molar-refractivity contribution in [1.29, 1.82) is 0 Å². The zero-order chi connectivity index (χ0) is 13.7. The monoisotopic (exact) mass is 270 g/mol. The van der Waals surface area contributed by atoms with Crippen molar-refractivity contribution in [2.45, 2.75) is 25.4 Å². The molecule has 3 rings (SSSR count). The molecule has 1 fully saturated rings. The average Bonchev–Trinajstić information content (AvgIpc) is 2.41. The molecule has 102 valence electrons. The molecular formula is C13H13F3N2O. The number of hydrogen-bond donors (Lipinski definition) is 2. The molecule has 1 aromatic rings. The number of carbonyl (C=O) groups is 1. The van der Waals surface area contributed by atoms with Gasteiger partial charge in [-0.25, -0.2) is 0 Å². The predicted molar refractivity (Wildman–Crippen MR) is 64.8 cm³/mol. The smallest absolute Gasteiger partial charge is 0.382 e. The summed E-state index contributed by atoms with van der Waals surface area (Å²) < 4.78 is 38.0. The fourth-order valence-corrected chi connectivity index (χ4v) is 2.59. The molecule has 1 aliphatic heterocycles. The third-order valence-electron chi connectivity index (χ3n) is 4.00. The quantitative estimate of drug-likeness (QED) is 0.760. The molecule has 1 saturated carbocycles. The van der Waals surface area contributed by atoms with Crippen molar-refractivity contribution in [3.63, 3.8) is 0 Å². The van der Waals surface area contributed by atoms with Gasteiger partial charge in [-0.3, -0.25) is 4.79 Å². The van der Waals surface area contributed by atoms with Gasteiger partial charge in [0, 0.05) is 6.54 Å². The van der Waals surface area contributed by atoms with Gasteiger partial charge in [0.1, 0.15) is 0 Å². The maximum Gasteiger partial charge on any atom is 0.416 e. The minimum absolute atomic E-state index is 0.177. The Balaban J connectivity index is 1.95.